The number of amides is 2. The minimum atomic E-state index is -0.815. The number of nitrogens with one attached hydrogen (secondary N) is 2. The summed E-state index contributed by atoms with van der Waals surface area (Å²) in [7, 11) is 0. The van der Waals surface area contributed by atoms with E-state index in [1.807, 2.05) is 48.5 Å². The second-order valence-electron chi connectivity index (χ2n) is 12.1. The van der Waals surface area contributed by atoms with Gasteiger partial charge in [-0.3, -0.25) is 9.59 Å². The van der Waals surface area contributed by atoms with Crippen LogP contribution in [0.5, 0.6) is 5.75 Å². The van der Waals surface area contributed by atoms with Crippen LogP contribution in [-0.2, 0) is 33.8 Å². The first-order chi connectivity index (χ1) is 22.3. The van der Waals surface area contributed by atoms with Crippen LogP contribution in [0.15, 0.2) is 77.3 Å². The third-order valence-corrected chi connectivity index (χ3v) is 9.37. The molecule has 9 heteroatoms. The van der Waals surface area contributed by atoms with Gasteiger partial charge in [0.25, 0.3) is 0 Å². The number of aryl methyl sites for hydroxylation is 1. The van der Waals surface area contributed by atoms with E-state index in [-0.39, 0.29) is 30.8 Å². The molecule has 0 spiro atoms. The fourth-order valence-electron chi connectivity index (χ4n) is 5.71. The third-order valence-electron chi connectivity index (χ3n) is 8.59. The quantitative estimate of drug-likeness (QED) is 0.0853. The van der Waals surface area contributed by atoms with Gasteiger partial charge >= 0.3 is 6.16 Å². The van der Waals surface area contributed by atoms with Crippen molar-refractivity contribution in [1.29, 1.82) is 0 Å². The van der Waals surface area contributed by atoms with Crippen LogP contribution in [0, 0.1) is 11.8 Å². The van der Waals surface area contributed by atoms with Crippen LogP contribution in [0.1, 0.15) is 75.0 Å². The highest BCUT2D eigenvalue weighted by molar-refractivity contribution is 9.10. The number of unbranched alkanes of at least 4 members (excludes halogenated alkanes) is 3. The van der Waals surface area contributed by atoms with Crippen LogP contribution in [0.25, 0.3) is 0 Å². The zero-order valence-electron chi connectivity index (χ0n) is 26.6. The second-order valence-corrected chi connectivity index (χ2v) is 12.9. The molecule has 1 fully saturated rings. The molecule has 246 valence electrons. The number of rotatable bonds is 15. The van der Waals surface area contributed by atoms with Gasteiger partial charge < -0.3 is 25.8 Å². The van der Waals surface area contributed by atoms with Crippen molar-refractivity contribution in [2.24, 2.45) is 17.6 Å². The van der Waals surface area contributed by atoms with Gasteiger partial charge in [0.1, 0.15) is 18.4 Å². The average Bonchev–Trinajstić information content (AvgIpc) is 3.07. The lowest BCUT2D eigenvalue weighted by molar-refractivity contribution is -0.130. The number of anilines is 1. The normalized spacial score (nSPS) is 16.7. The molecule has 4 N–H and O–H groups in total. The first kappa shape index (κ1) is 35.2. The highest BCUT2D eigenvalue weighted by atomic mass is 79.9. The first-order valence-corrected chi connectivity index (χ1v) is 17.2. The van der Waals surface area contributed by atoms with Gasteiger partial charge in [0.2, 0.25) is 11.8 Å². The van der Waals surface area contributed by atoms with Crippen LogP contribution >= 0.6 is 15.9 Å². The van der Waals surface area contributed by atoms with Gasteiger partial charge in [-0.1, -0.05) is 84.6 Å². The zero-order valence-corrected chi connectivity index (χ0v) is 28.2. The summed E-state index contributed by atoms with van der Waals surface area (Å²) in [5.41, 5.74) is 9.41. The first-order valence-electron chi connectivity index (χ1n) is 16.4. The standard InChI is InChI=1S/C37H46BrN3O5/c1-2-3-4-5-8-26-13-19-31(20-14-26)40-36(43)34(41-35(42)29-17-11-28(24-39)12-18-29)23-27-15-21-32(22-16-27)46-37(44)45-25-30-9-6-7-10-33(30)38/h6-7,9-10,13-16,19-22,28-29,34H,2-5,8,11-12,17-18,23-25,39H2,1H3,(H,40,43)(H,41,42)/t28?,29?,34-/m0/s1. The Morgan fingerprint density at radius 2 is 1.59 bits per heavy atom. The molecule has 0 aromatic heterocycles. The van der Waals surface area contributed by atoms with E-state index in [1.165, 1.54) is 24.8 Å². The molecule has 4 rings (SSSR count). The van der Waals surface area contributed by atoms with Crippen molar-refractivity contribution >= 4 is 39.6 Å². The number of halogens is 1. The molecule has 46 heavy (non-hydrogen) atoms. The maximum atomic E-state index is 13.6. The van der Waals surface area contributed by atoms with Gasteiger partial charge in [0, 0.05) is 28.1 Å². The van der Waals surface area contributed by atoms with E-state index >= 15 is 0 Å². The highest BCUT2D eigenvalue weighted by Gasteiger charge is 2.29. The Bertz CT molecular complexity index is 1410. The summed E-state index contributed by atoms with van der Waals surface area (Å²) in [5.74, 6) is 0.248. The summed E-state index contributed by atoms with van der Waals surface area (Å²) in [6.07, 6.45) is 8.67. The Balaban J connectivity index is 1.37. The third kappa shape index (κ3) is 11.3. The molecule has 1 aliphatic rings. The molecule has 0 aliphatic heterocycles. The van der Waals surface area contributed by atoms with Gasteiger partial charge in [-0.05, 0) is 92.4 Å². The van der Waals surface area contributed by atoms with Gasteiger partial charge in [0.15, 0.2) is 0 Å². The molecule has 0 radical (unpaired) electrons. The van der Waals surface area contributed by atoms with Gasteiger partial charge in [-0.15, -0.1) is 0 Å². The van der Waals surface area contributed by atoms with Crippen LogP contribution in [0.2, 0.25) is 0 Å². The van der Waals surface area contributed by atoms with E-state index in [1.54, 1.807) is 24.3 Å². The number of carbonyl (C=O) groups is 3. The van der Waals surface area contributed by atoms with E-state index < -0.39 is 12.2 Å². The number of ether oxygens (including phenoxy) is 2. The molecule has 1 saturated carbocycles. The monoisotopic (exact) mass is 691 g/mol. The average molecular weight is 693 g/mol. The van der Waals surface area contributed by atoms with E-state index in [2.05, 4.69) is 33.5 Å². The zero-order chi connectivity index (χ0) is 32.7. The largest absolute Gasteiger partial charge is 0.514 e. The predicted molar refractivity (Wildman–Crippen MR) is 184 cm³/mol. The molecule has 0 saturated heterocycles. The Morgan fingerprint density at radius 1 is 0.891 bits per heavy atom. The van der Waals surface area contributed by atoms with Gasteiger partial charge in [-0.25, -0.2) is 4.79 Å². The SMILES string of the molecule is CCCCCCc1ccc(NC(=O)[C@H](Cc2ccc(OC(=O)OCc3ccccc3Br)cc2)NC(=O)C2CCC(CN)CC2)cc1. The van der Waals surface area contributed by atoms with Gasteiger partial charge in [-0.2, -0.15) is 0 Å². The molecule has 0 heterocycles. The van der Waals surface area contributed by atoms with Crippen molar-refractivity contribution in [2.45, 2.75) is 83.8 Å². The highest BCUT2D eigenvalue weighted by Crippen LogP contribution is 2.28. The Kier molecular flexibility index (Phi) is 14.1. The van der Waals surface area contributed by atoms with E-state index in [4.69, 9.17) is 15.2 Å². The molecule has 8 nitrogen and oxygen atoms in total. The van der Waals surface area contributed by atoms with Crippen molar-refractivity contribution in [3.05, 3.63) is 94.0 Å². The Hall–Kier alpha value is -3.69. The second kappa shape index (κ2) is 18.5. The molecule has 2 amide bonds. The van der Waals surface area contributed by atoms with Crippen molar-refractivity contribution < 1.29 is 23.9 Å². The predicted octanol–water partition coefficient (Wildman–Crippen LogP) is 7.72. The number of benzene rings is 3. The van der Waals surface area contributed by atoms with Crippen molar-refractivity contribution in [3.8, 4) is 5.75 Å². The summed E-state index contributed by atoms with van der Waals surface area (Å²) in [4.78, 5) is 39.1. The van der Waals surface area contributed by atoms with E-state index in [0.717, 1.165) is 54.1 Å². The van der Waals surface area contributed by atoms with Crippen LogP contribution in [0.4, 0.5) is 10.5 Å². The minimum absolute atomic E-state index is 0.0738. The summed E-state index contributed by atoms with van der Waals surface area (Å²) in [6.45, 7) is 2.92. The van der Waals surface area contributed by atoms with Crippen molar-refractivity contribution in [1.82, 2.24) is 5.32 Å². The number of hydrogen-bond donors (Lipinski definition) is 3. The number of nitrogens with two attached hydrogens (primary N) is 1. The van der Waals surface area contributed by atoms with E-state index in [0.29, 0.717) is 23.9 Å². The fourth-order valence-corrected chi connectivity index (χ4v) is 6.11. The van der Waals surface area contributed by atoms with Crippen LogP contribution < -0.4 is 21.1 Å². The molecule has 0 unspecified atom stereocenters. The van der Waals surface area contributed by atoms with Crippen LogP contribution in [0.3, 0.4) is 0 Å². The van der Waals surface area contributed by atoms with Crippen molar-refractivity contribution in [3.63, 3.8) is 0 Å². The maximum Gasteiger partial charge on any atom is 0.514 e. The minimum Gasteiger partial charge on any atom is -0.429 e. The summed E-state index contributed by atoms with van der Waals surface area (Å²) >= 11 is 3.44. The van der Waals surface area contributed by atoms with E-state index in [9.17, 15) is 14.4 Å². The Labute approximate surface area is 280 Å². The summed E-state index contributed by atoms with van der Waals surface area (Å²) in [6, 6.07) is 21.5. The Morgan fingerprint density at radius 3 is 2.26 bits per heavy atom. The molecule has 3 aromatic carbocycles. The molecular weight excluding hydrogens is 646 g/mol. The molecule has 0 bridgehead atoms. The maximum absolute atomic E-state index is 13.6. The summed E-state index contributed by atoms with van der Waals surface area (Å²) in [5, 5.41) is 6.03. The molecule has 3 aromatic rings. The smallest absolute Gasteiger partial charge is 0.429 e. The molecule has 1 atom stereocenters. The fraction of sp³-hybridized carbons (Fsp3) is 0.432. The lowest BCUT2D eigenvalue weighted by atomic mass is 9.81. The number of carbonyl (C=O) groups excluding carboxylic acids is 3. The topological polar surface area (TPSA) is 120 Å². The molecule has 1 aliphatic carbocycles. The number of hydrogen-bond acceptors (Lipinski definition) is 6. The summed E-state index contributed by atoms with van der Waals surface area (Å²) < 4.78 is 11.4. The van der Waals surface area contributed by atoms with Gasteiger partial charge in [0.05, 0.1) is 0 Å². The van der Waals surface area contributed by atoms with Crippen molar-refractivity contribution in [2.75, 3.05) is 11.9 Å². The molecular formula is C37H46BrN3O5. The van der Waals surface area contributed by atoms with Crippen LogP contribution in [-0.4, -0.2) is 30.6 Å². The lowest BCUT2D eigenvalue weighted by Gasteiger charge is -2.28. The lowest BCUT2D eigenvalue weighted by Crippen LogP contribution is -2.48.